The molecule has 0 radical (unpaired) electrons. The van der Waals surface area contributed by atoms with Crippen LogP contribution < -0.4 is 5.32 Å². The van der Waals surface area contributed by atoms with Crippen molar-refractivity contribution in [3.63, 3.8) is 0 Å². The molecular formula is C22H19N. The highest BCUT2D eigenvalue weighted by Crippen LogP contribution is 2.32. The molecule has 1 N–H and O–H groups in total. The molecule has 3 aromatic carbocycles. The van der Waals surface area contributed by atoms with E-state index in [9.17, 15) is 0 Å². The number of hydrogen-bond acceptors (Lipinski definition) is 1. The molecule has 0 atom stereocenters. The van der Waals surface area contributed by atoms with Crippen LogP contribution in [0.15, 0.2) is 91.0 Å². The molecule has 112 valence electrons. The summed E-state index contributed by atoms with van der Waals surface area (Å²) in [6.45, 7) is 0.832. The maximum atomic E-state index is 3.57. The summed E-state index contributed by atoms with van der Waals surface area (Å²) in [6, 6.07) is 23.5. The van der Waals surface area contributed by atoms with E-state index in [1.165, 1.54) is 21.9 Å². The lowest BCUT2D eigenvalue weighted by Gasteiger charge is -2.17. The second-order valence-corrected chi connectivity index (χ2v) is 5.87. The van der Waals surface area contributed by atoms with Gasteiger partial charge in [0, 0.05) is 18.2 Å². The number of fused-ring (bicyclic) bond motifs is 1. The van der Waals surface area contributed by atoms with Crippen molar-refractivity contribution in [2.75, 3.05) is 5.32 Å². The second kappa shape index (κ2) is 6.13. The average molecular weight is 297 g/mol. The van der Waals surface area contributed by atoms with Gasteiger partial charge in [0.25, 0.3) is 0 Å². The van der Waals surface area contributed by atoms with Crippen LogP contribution in [0.3, 0.4) is 0 Å². The quantitative estimate of drug-likeness (QED) is 0.655. The predicted molar refractivity (Wildman–Crippen MR) is 98.7 cm³/mol. The van der Waals surface area contributed by atoms with Crippen molar-refractivity contribution in [1.82, 2.24) is 0 Å². The number of allylic oxidation sites excluding steroid dienone is 4. The normalized spacial score (nSPS) is 13.7. The second-order valence-electron chi connectivity index (χ2n) is 5.87. The fourth-order valence-corrected chi connectivity index (χ4v) is 3.25. The van der Waals surface area contributed by atoms with E-state index < -0.39 is 0 Å². The van der Waals surface area contributed by atoms with E-state index in [-0.39, 0.29) is 0 Å². The van der Waals surface area contributed by atoms with Gasteiger partial charge in [-0.1, -0.05) is 78.9 Å². The SMILES string of the molecule is C1=CC(c2ccc3ccccc3c2CNc2ccccc2)C=C1. The number of rotatable bonds is 4. The van der Waals surface area contributed by atoms with Gasteiger partial charge in [0.1, 0.15) is 0 Å². The van der Waals surface area contributed by atoms with Crippen molar-refractivity contribution in [2.24, 2.45) is 0 Å². The number of anilines is 1. The van der Waals surface area contributed by atoms with Crippen molar-refractivity contribution in [3.8, 4) is 0 Å². The Morgan fingerprint density at radius 1 is 0.739 bits per heavy atom. The molecule has 3 aromatic rings. The molecule has 23 heavy (non-hydrogen) atoms. The molecule has 0 saturated heterocycles. The molecule has 0 saturated carbocycles. The summed E-state index contributed by atoms with van der Waals surface area (Å²) in [5.41, 5.74) is 3.93. The molecule has 0 fully saturated rings. The van der Waals surface area contributed by atoms with Crippen LogP contribution in [0.25, 0.3) is 10.8 Å². The first kappa shape index (κ1) is 13.8. The Kier molecular flexibility index (Phi) is 3.69. The number of hydrogen-bond donors (Lipinski definition) is 1. The van der Waals surface area contributed by atoms with Gasteiger partial charge in [0.15, 0.2) is 0 Å². The van der Waals surface area contributed by atoms with Crippen LogP contribution >= 0.6 is 0 Å². The van der Waals surface area contributed by atoms with Crippen molar-refractivity contribution >= 4 is 16.5 Å². The number of para-hydroxylation sites is 1. The summed E-state index contributed by atoms with van der Waals surface area (Å²) in [5, 5.41) is 6.20. The molecule has 1 aliphatic rings. The zero-order chi connectivity index (χ0) is 15.5. The van der Waals surface area contributed by atoms with Gasteiger partial charge in [0.2, 0.25) is 0 Å². The molecule has 0 bridgehead atoms. The highest BCUT2D eigenvalue weighted by molar-refractivity contribution is 5.87. The Morgan fingerprint density at radius 2 is 1.48 bits per heavy atom. The van der Waals surface area contributed by atoms with Gasteiger partial charge in [-0.25, -0.2) is 0 Å². The Hall–Kier alpha value is -2.80. The van der Waals surface area contributed by atoms with Crippen LogP contribution in [-0.4, -0.2) is 0 Å². The maximum absolute atomic E-state index is 3.57. The molecule has 0 heterocycles. The Morgan fingerprint density at radius 3 is 2.30 bits per heavy atom. The molecule has 0 aliphatic heterocycles. The maximum Gasteiger partial charge on any atom is 0.0410 e. The van der Waals surface area contributed by atoms with Gasteiger partial charge < -0.3 is 5.32 Å². The summed E-state index contributed by atoms with van der Waals surface area (Å²) in [6.07, 6.45) is 8.79. The van der Waals surface area contributed by atoms with E-state index in [0.717, 1.165) is 12.2 Å². The van der Waals surface area contributed by atoms with Gasteiger partial charge in [-0.2, -0.15) is 0 Å². The molecule has 0 spiro atoms. The highest BCUT2D eigenvalue weighted by atomic mass is 14.9. The summed E-state index contributed by atoms with van der Waals surface area (Å²) in [7, 11) is 0. The summed E-state index contributed by atoms with van der Waals surface area (Å²) in [4.78, 5) is 0. The van der Waals surface area contributed by atoms with Gasteiger partial charge in [-0.3, -0.25) is 0 Å². The zero-order valence-electron chi connectivity index (χ0n) is 12.9. The van der Waals surface area contributed by atoms with Crippen molar-refractivity contribution in [3.05, 3.63) is 102 Å². The topological polar surface area (TPSA) is 12.0 Å². The zero-order valence-corrected chi connectivity index (χ0v) is 12.9. The van der Waals surface area contributed by atoms with Crippen LogP contribution in [-0.2, 0) is 6.54 Å². The predicted octanol–water partition coefficient (Wildman–Crippen LogP) is 5.66. The van der Waals surface area contributed by atoms with Crippen molar-refractivity contribution < 1.29 is 0 Å². The van der Waals surface area contributed by atoms with Crippen molar-refractivity contribution in [2.45, 2.75) is 12.5 Å². The molecule has 0 aromatic heterocycles. The van der Waals surface area contributed by atoms with Gasteiger partial charge in [0.05, 0.1) is 0 Å². The van der Waals surface area contributed by atoms with Crippen LogP contribution in [0.2, 0.25) is 0 Å². The highest BCUT2D eigenvalue weighted by Gasteiger charge is 2.14. The first-order chi connectivity index (χ1) is 11.4. The lowest BCUT2D eigenvalue weighted by molar-refractivity contribution is 1.04. The molecule has 4 rings (SSSR count). The fraction of sp³-hybridized carbons (Fsp3) is 0.0909. The number of benzene rings is 3. The van der Waals surface area contributed by atoms with Crippen LogP contribution in [0.4, 0.5) is 5.69 Å². The van der Waals surface area contributed by atoms with Crippen molar-refractivity contribution in [1.29, 1.82) is 0 Å². The van der Waals surface area contributed by atoms with Gasteiger partial charge in [-0.15, -0.1) is 0 Å². The monoisotopic (exact) mass is 297 g/mol. The van der Waals surface area contributed by atoms with Gasteiger partial charge >= 0.3 is 0 Å². The van der Waals surface area contributed by atoms with E-state index in [1.807, 2.05) is 6.07 Å². The Bertz CT molecular complexity index is 863. The van der Waals surface area contributed by atoms with E-state index in [1.54, 1.807) is 0 Å². The Labute approximate surface area is 137 Å². The van der Waals surface area contributed by atoms with Crippen LogP contribution in [0.5, 0.6) is 0 Å². The minimum absolute atomic E-state index is 0.382. The molecule has 1 nitrogen and oxygen atoms in total. The minimum atomic E-state index is 0.382. The largest absolute Gasteiger partial charge is 0.381 e. The van der Waals surface area contributed by atoms with E-state index >= 15 is 0 Å². The van der Waals surface area contributed by atoms with E-state index in [0.29, 0.717) is 5.92 Å². The standard InChI is InChI=1S/C22H19N/c1-2-11-19(12-3-1)23-16-22-20-13-7-6-10-18(20)14-15-21(22)17-8-4-5-9-17/h1-15,17,23H,16H2. The summed E-state index contributed by atoms with van der Waals surface area (Å²) < 4.78 is 0. The summed E-state index contributed by atoms with van der Waals surface area (Å²) in [5.74, 6) is 0.382. The lowest BCUT2D eigenvalue weighted by Crippen LogP contribution is -2.05. The molecule has 1 aliphatic carbocycles. The fourth-order valence-electron chi connectivity index (χ4n) is 3.25. The van der Waals surface area contributed by atoms with E-state index in [4.69, 9.17) is 0 Å². The third kappa shape index (κ3) is 2.78. The first-order valence-electron chi connectivity index (χ1n) is 8.06. The molecular weight excluding hydrogens is 278 g/mol. The van der Waals surface area contributed by atoms with Gasteiger partial charge in [-0.05, 0) is 34.0 Å². The molecule has 0 amide bonds. The van der Waals surface area contributed by atoms with Crippen LogP contribution in [0, 0.1) is 0 Å². The number of nitrogens with one attached hydrogen (secondary N) is 1. The smallest absolute Gasteiger partial charge is 0.0410 e. The lowest BCUT2D eigenvalue weighted by atomic mass is 9.91. The van der Waals surface area contributed by atoms with E-state index in [2.05, 4.69) is 90.3 Å². The Balaban J connectivity index is 1.76. The molecule has 0 unspecified atom stereocenters. The van der Waals surface area contributed by atoms with Crippen LogP contribution in [0.1, 0.15) is 17.0 Å². The first-order valence-corrected chi connectivity index (χ1v) is 8.06. The average Bonchev–Trinajstić information content (AvgIpc) is 3.15. The summed E-state index contributed by atoms with van der Waals surface area (Å²) >= 11 is 0. The molecule has 1 heteroatoms. The minimum Gasteiger partial charge on any atom is -0.381 e. The third-order valence-electron chi connectivity index (χ3n) is 4.43. The third-order valence-corrected chi connectivity index (χ3v) is 4.43.